The van der Waals surface area contributed by atoms with Crippen LogP contribution in [0.15, 0.2) is 24.5 Å². The molecule has 3 aromatic rings. The van der Waals surface area contributed by atoms with Crippen molar-refractivity contribution in [1.29, 1.82) is 0 Å². The molecule has 5 rings (SSSR count). The van der Waals surface area contributed by atoms with Crippen LogP contribution in [0.25, 0.3) is 22.3 Å². The molecule has 8 nitrogen and oxygen atoms in total. The van der Waals surface area contributed by atoms with Crippen molar-refractivity contribution in [3.63, 3.8) is 0 Å². The number of hydrogen-bond donors (Lipinski definition) is 3. The summed E-state index contributed by atoms with van der Waals surface area (Å²) in [5.41, 5.74) is 1.21. The van der Waals surface area contributed by atoms with Crippen LogP contribution < -0.4 is 15.4 Å². The highest BCUT2D eigenvalue weighted by Gasteiger charge is 2.33. The zero-order chi connectivity index (χ0) is 28.6. The van der Waals surface area contributed by atoms with Gasteiger partial charge in [-0.2, -0.15) is 13.2 Å². The van der Waals surface area contributed by atoms with Crippen molar-refractivity contribution in [3.05, 3.63) is 41.3 Å². The van der Waals surface area contributed by atoms with E-state index in [-0.39, 0.29) is 41.1 Å². The average Bonchev–Trinajstić information content (AvgIpc) is 3.67. The number of ether oxygens (including phenoxy) is 1. The van der Waals surface area contributed by atoms with Gasteiger partial charge in [-0.05, 0) is 69.1 Å². The number of alkyl halides is 3. The number of hydrogen-bond acceptors (Lipinski definition) is 5. The number of halogens is 3. The van der Waals surface area contributed by atoms with Gasteiger partial charge in [0.1, 0.15) is 23.3 Å². The fourth-order valence-corrected chi connectivity index (χ4v) is 5.42. The van der Waals surface area contributed by atoms with E-state index in [2.05, 4.69) is 32.5 Å². The van der Waals surface area contributed by atoms with Crippen LogP contribution in [0.3, 0.4) is 0 Å². The number of rotatable bonds is 8. The van der Waals surface area contributed by atoms with Gasteiger partial charge in [-0.15, -0.1) is 0 Å². The molecule has 0 radical (unpaired) electrons. The monoisotopic (exact) mass is 557 g/mol. The van der Waals surface area contributed by atoms with Crippen molar-refractivity contribution >= 4 is 22.8 Å². The minimum absolute atomic E-state index is 0.0195. The Bertz CT molecular complexity index is 1420. The van der Waals surface area contributed by atoms with Gasteiger partial charge in [0.15, 0.2) is 0 Å². The van der Waals surface area contributed by atoms with Crippen LogP contribution in [0.1, 0.15) is 74.0 Å². The summed E-state index contributed by atoms with van der Waals surface area (Å²) >= 11 is 0. The van der Waals surface area contributed by atoms with Gasteiger partial charge in [0.2, 0.25) is 5.91 Å². The molecule has 2 fully saturated rings. The molecule has 2 saturated carbocycles. The van der Waals surface area contributed by atoms with E-state index in [9.17, 15) is 22.8 Å². The molecular weight excluding hydrogens is 523 g/mol. The molecule has 3 unspecified atom stereocenters. The lowest BCUT2D eigenvalue weighted by atomic mass is 9.82. The Kier molecular flexibility index (Phi) is 7.74. The van der Waals surface area contributed by atoms with Crippen molar-refractivity contribution in [2.24, 2.45) is 11.8 Å². The summed E-state index contributed by atoms with van der Waals surface area (Å²) in [6.45, 7) is 6.04. The Morgan fingerprint density at radius 1 is 1.12 bits per heavy atom. The third-order valence-corrected chi connectivity index (χ3v) is 7.90. The topological polar surface area (TPSA) is 109 Å². The second kappa shape index (κ2) is 11.1. The predicted octanol–water partition coefficient (Wildman–Crippen LogP) is 5.55. The van der Waals surface area contributed by atoms with E-state index in [4.69, 9.17) is 4.74 Å². The van der Waals surface area contributed by atoms with Crippen LogP contribution in [0, 0.1) is 18.8 Å². The molecular formula is C29H34F3N5O3. The van der Waals surface area contributed by atoms with Crippen LogP contribution >= 0.6 is 0 Å². The molecule has 2 amide bonds. The molecule has 1 aromatic carbocycles. The highest BCUT2D eigenvalue weighted by Crippen LogP contribution is 2.40. The van der Waals surface area contributed by atoms with E-state index in [1.54, 1.807) is 6.92 Å². The van der Waals surface area contributed by atoms with Crippen molar-refractivity contribution in [2.75, 3.05) is 6.61 Å². The van der Waals surface area contributed by atoms with Gasteiger partial charge in [0, 0.05) is 29.8 Å². The van der Waals surface area contributed by atoms with Crippen molar-refractivity contribution in [2.45, 2.75) is 77.6 Å². The van der Waals surface area contributed by atoms with E-state index >= 15 is 0 Å². The molecule has 0 aliphatic heterocycles. The molecule has 0 bridgehead atoms. The summed E-state index contributed by atoms with van der Waals surface area (Å²) in [5.74, 6) is 0.618. The maximum absolute atomic E-state index is 13.6. The smallest absolute Gasteiger partial charge is 0.416 e. The zero-order valence-corrected chi connectivity index (χ0v) is 22.8. The van der Waals surface area contributed by atoms with Gasteiger partial charge < -0.3 is 20.4 Å². The van der Waals surface area contributed by atoms with Crippen LogP contribution in [0.5, 0.6) is 5.75 Å². The Morgan fingerprint density at radius 2 is 1.90 bits per heavy atom. The fourth-order valence-electron chi connectivity index (χ4n) is 5.42. The van der Waals surface area contributed by atoms with Crippen molar-refractivity contribution in [3.8, 4) is 17.0 Å². The second-order valence-corrected chi connectivity index (χ2v) is 11.0. The Hall–Kier alpha value is -3.63. The second-order valence-electron chi connectivity index (χ2n) is 11.0. The van der Waals surface area contributed by atoms with Gasteiger partial charge in [0.05, 0.1) is 23.3 Å². The van der Waals surface area contributed by atoms with Crippen LogP contribution in [-0.2, 0) is 11.0 Å². The molecule has 2 heterocycles. The SMILES string of the molecule is CCC(=O)NC1CCC(NC(=O)c2c(C)[nH]c3c(-c4cc(C(F)(F)F)ccc4OCC4CC4)ncnc23)CC1C. The molecule has 2 aliphatic rings. The number of carbonyl (C=O) groups is 2. The summed E-state index contributed by atoms with van der Waals surface area (Å²) < 4.78 is 46.8. The maximum Gasteiger partial charge on any atom is 0.416 e. The van der Waals surface area contributed by atoms with E-state index in [0.717, 1.165) is 37.8 Å². The van der Waals surface area contributed by atoms with Gasteiger partial charge in [-0.25, -0.2) is 9.97 Å². The van der Waals surface area contributed by atoms with Crippen molar-refractivity contribution in [1.82, 2.24) is 25.6 Å². The first-order valence-electron chi connectivity index (χ1n) is 13.8. The minimum atomic E-state index is -4.54. The summed E-state index contributed by atoms with van der Waals surface area (Å²) in [7, 11) is 0. The molecule has 0 spiro atoms. The fraction of sp³-hybridized carbons (Fsp3) is 0.517. The summed E-state index contributed by atoms with van der Waals surface area (Å²) in [5, 5.41) is 6.16. The van der Waals surface area contributed by atoms with E-state index in [0.29, 0.717) is 53.4 Å². The first-order chi connectivity index (χ1) is 19.0. The summed E-state index contributed by atoms with van der Waals surface area (Å²) in [4.78, 5) is 37.1. The third kappa shape index (κ3) is 5.93. The van der Waals surface area contributed by atoms with Gasteiger partial charge >= 0.3 is 6.18 Å². The third-order valence-electron chi connectivity index (χ3n) is 7.90. The van der Waals surface area contributed by atoms with Gasteiger partial charge in [0.25, 0.3) is 5.91 Å². The zero-order valence-electron chi connectivity index (χ0n) is 22.8. The lowest BCUT2D eigenvalue weighted by Gasteiger charge is -2.35. The highest BCUT2D eigenvalue weighted by molar-refractivity contribution is 6.09. The first-order valence-corrected chi connectivity index (χ1v) is 13.8. The summed E-state index contributed by atoms with van der Waals surface area (Å²) in [6, 6.07) is 3.38. The maximum atomic E-state index is 13.6. The number of aromatic nitrogens is 3. The number of fused-ring (bicyclic) bond motifs is 1. The van der Waals surface area contributed by atoms with Crippen LogP contribution in [-0.4, -0.2) is 45.5 Å². The van der Waals surface area contributed by atoms with E-state index in [1.807, 2.05) is 6.92 Å². The minimum Gasteiger partial charge on any atom is -0.493 e. The Morgan fingerprint density at radius 3 is 2.58 bits per heavy atom. The number of carbonyl (C=O) groups excluding carboxylic acids is 2. The number of H-pyrrole nitrogens is 1. The van der Waals surface area contributed by atoms with E-state index < -0.39 is 11.7 Å². The van der Waals surface area contributed by atoms with Crippen LogP contribution in [0.4, 0.5) is 13.2 Å². The number of aromatic amines is 1. The average molecular weight is 558 g/mol. The van der Waals surface area contributed by atoms with Gasteiger partial charge in [-0.3, -0.25) is 9.59 Å². The molecule has 2 aromatic heterocycles. The highest BCUT2D eigenvalue weighted by atomic mass is 19.4. The predicted molar refractivity (Wildman–Crippen MR) is 144 cm³/mol. The van der Waals surface area contributed by atoms with Crippen LogP contribution in [0.2, 0.25) is 0 Å². The largest absolute Gasteiger partial charge is 0.493 e. The lowest BCUT2D eigenvalue weighted by Crippen LogP contribution is -2.48. The molecule has 0 saturated heterocycles. The Labute approximate surface area is 230 Å². The van der Waals surface area contributed by atoms with Crippen molar-refractivity contribution < 1.29 is 27.5 Å². The normalized spacial score (nSPS) is 21.3. The molecule has 3 atom stereocenters. The lowest BCUT2D eigenvalue weighted by molar-refractivity contribution is -0.137. The molecule has 214 valence electrons. The molecule has 2 aliphatic carbocycles. The van der Waals surface area contributed by atoms with E-state index in [1.165, 1.54) is 12.4 Å². The number of nitrogens with zero attached hydrogens (tertiary/aromatic N) is 2. The number of benzene rings is 1. The first kappa shape index (κ1) is 27.9. The molecule has 3 N–H and O–H groups in total. The standard InChI is InChI=1S/C29H34F3N5O3/c1-4-23(38)37-21-9-8-19(11-15(21)2)36-28(39)24-16(3)35-27-25(33-14-34-26(24)27)20-12-18(29(30,31)32)7-10-22(20)40-13-17-5-6-17/h7,10,12,14-15,17,19,21,35H,4-6,8-9,11,13H2,1-3H3,(H,36,39)(H,37,38). The Balaban J connectivity index is 1.43. The molecule has 40 heavy (non-hydrogen) atoms. The summed E-state index contributed by atoms with van der Waals surface area (Å²) in [6.07, 6.45) is 1.42. The molecule has 11 heteroatoms. The van der Waals surface area contributed by atoms with Gasteiger partial charge in [-0.1, -0.05) is 13.8 Å². The number of nitrogens with one attached hydrogen (secondary N) is 3. The number of amides is 2. The number of aryl methyl sites for hydroxylation is 1. The quantitative estimate of drug-likeness (QED) is 0.336.